The molecule has 7 heteroatoms. The number of hydrogen-bond acceptors (Lipinski definition) is 6. The number of hydrogen-bond donors (Lipinski definition) is 3. The maximum atomic E-state index is 11.6. The van der Waals surface area contributed by atoms with Gasteiger partial charge < -0.3 is 20.9 Å². The molecule has 1 atom stereocenters. The van der Waals surface area contributed by atoms with Crippen LogP contribution in [-0.4, -0.2) is 46.1 Å². The molecule has 1 aromatic rings. The average Bonchev–Trinajstić information content (AvgIpc) is 2.31. The van der Waals surface area contributed by atoms with E-state index < -0.39 is 9.84 Å². The fraction of sp³-hybridized carbons (Fsp3) is 0.500. The minimum absolute atomic E-state index is 0.00665. The van der Waals surface area contributed by atoms with Crippen LogP contribution in [-0.2, 0) is 14.6 Å². The van der Waals surface area contributed by atoms with Crippen LogP contribution >= 0.6 is 0 Å². The lowest BCUT2D eigenvalue weighted by Gasteiger charge is -2.20. The van der Waals surface area contributed by atoms with Gasteiger partial charge >= 0.3 is 0 Å². The summed E-state index contributed by atoms with van der Waals surface area (Å²) in [5, 5.41) is 12.1. The van der Waals surface area contributed by atoms with Gasteiger partial charge in [-0.25, -0.2) is 8.42 Å². The highest BCUT2D eigenvalue weighted by Crippen LogP contribution is 2.27. The van der Waals surface area contributed by atoms with E-state index in [4.69, 9.17) is 15.6 Å². The Hall–Kier alpha value is -1.31. The molecule has 0 aliphatic heterocycles. The van der Waals surface area contributed by atoms with E-state index in [2.05, 4.69) is 5.32 Å². The molecule has 108 valence electrons. The number of nitrogens with one attached hydrogen (secondary N) is 1. The Bertz CT molecular complexity index is 510. The largest absolute Gasteiger partial charge is 0.396 e. The van der Waals surface area contributed by atoms with Crippen LogP contribution in [0.25, 0.3) is 0 Å². The number of nitrogens with two attached hydrogens (primary N) is 1. The standard InChI is InChI=1S/C12H20N2O4S/c1-18-8-9(6-7-15)14-10-4-3-5-11(12(10)13)19(2,16)17/h3-5,9,14-15H,6-8,13H2,1-2H3. The van der Waals surface area contributed by atoms with Gasteiger partial charge in [0, 0.05) is 20.0 Å². The molecule has 0 fully saturated rings. The van der Waals surface area contributed by atoms with Gasteiger partial charge in [0.2, 0.25) is 0 Å². The quantitative estimate of drug-likeness (QED) is 0.631. The first-order valence-corrected chi connectivity index (χ1v) is 7.74. The van der Waals surface area contributed by atoms with Crippen molar-refractivity contribution in [2.45, 2.75) is 17.4 Å². The van der Waals surface area contributed by atoms with Gasteiger partial charge in [0.05, 0.1) is 28.9 Å². The van der Waals surface area contributed by atoms with Gasteiger partial charge in [0.25, 0.3) is 0 Å². The van der Waals surface area contributed by atoms with E-state index in [0.717, 1.165) is 6.26 Å². The summed E-state index contributed by atoms with van der Waals surface area (Å²) in [5.74, 6) is 0. The zero-order chi connectivity index (χ0) is 14.5. The van der Waals surface area contributed by atoms with E-state index in [0.29, 0.717) is 18.7 Å². The molecule has 6 nitrogen and oxygen atoms in total. The van der Waals surface area contributed by atoms with Gasteiger partial charge in [-0.1, -0.05) is 6.07 Å². The molecule has 0 aliphatic carbocycles. The Morgan fingerprint density at radius 1 is 1.47 bits per heavy atom. The van der Waals surface area contributed by atoms with Gasteiger partial charge in [-0.3, -0.25) is 0 Å². The monoisotopic (exact) mass is 288 g/mol. The minimum Gasteiger partial charge on any atom is -0.396 e. The van der Waals surface area contributed by atoms with Crippen molar-refractivity contribution in [2.24, 2.45) is 0 Å². The van der Waals surface area contributed by atoms with Crippen LogP contribution in [0, 0.1) is 0 Å². The number of sulfone groups is 1. The van der Waals surface area contributed by atoms with Crippen molar-refractivity contribution in [1.82, 2.24) is 0 Å². The number of benzene rings is 1. The Kier molecular flexibility index (Phi) is 5.59. The van der Waals surface area contributed by atoms with Crippen molar-refractivity contribution in [3.8, 4) is 0 Å². The van der Waals surface area contributed by atoms with Gasteiger partial charge in [0.1, 0.15) is 0 Å². The topological polar surface area (TPSA) is 102 Å². The summed E-state index contributed by atoms with van der Waals surface area (Å²) in [5.41, 5.74) is 6.58. The van der Waals surface area contributed by atoms with E-state index in [1.54, 1.807) is 19.2 Å². The molecule has 0 saturated carbocycles. The van der Waals surface area contributed by atoms with E-state index in [9.17, 15) is 8.42 Å². The molecular formula is C12H20N2O4S. The smallest absolute Gasteiger partial charge is 0.177 e. The normalized spacial score (nSPS) is 13.2. The second-order valence-corrected chi connectivity index (χ2v) is 6.28. The number of nitrogen functional groups attached to an aromatic ring is 1. The first-order chi connectivity index (χ1) is 8.90. The Morgan fingerprint density at radius 3 is 2.68 bits per heavy atom. The van der Waals surface area contributed by atoms with Gasteiger partial charge in [-0.05, 0) is 18.6 Å². The van der Waals surface area contributed by atoms with Gasteiger partial charge in [-0.2, -0.15) is 0 Å². The molecule has 19 heavy (non-hydrogen) atoms. The third kappa shape index (κ3) is 4.38. The van der Waals surface area contributed by atoms with Crippen LogP contribution in [0.2, 0.25) is 0 Å². The molecule has 0 saturated heterocycles. The molecule has 0 spiro atoms. The van der Waals surface area contributed by atoms with Crippen LogP contribution in [0.1, 0.15) is 6.42 Å². The van der Waals surface area contributed by atoms with Crippen molar-refractivity contribution in [3.63, 3.8) is 0 Å². The number of aliphatic hydroxyl groups is 1. The molecule has 1 unspecified atom stereocenters. The molecule has 0 bridgehead atoms. The van der Waals surface area contributed by atoms with Crippen LogP contribution < -0.4 is 11.1 Å². The zero-order valence-electron chi connectivity index (χ0n) is 11.1. The maximum absolute atomic E-state index is 11.6. The Labute approximate surface area is 113 Å². The zero-order valence-corrected chi connectivity index (χ0v) is 11.9. The van der Waals surface area contributed by atoms with Crippen LogP contribution in [0.5, 0.6) is 0 Å². The van der Waals surface area contributed by atoms with Crippen LogP contribution in [0.15, 0.2) is 23.1 Å². The molecule has 0 radical (unpaired) electrons. The number of rotatable bonds is 7. The summed E-state index contributed by atoms with van der Waals surface area (Å²) < 4.78 is 28.2. The summed E-state index contributed by atoms with van der Waals surface area (Å²) in [4.78, 5) is 0.0951. The van der Waals surface area contributed by atoms with Crippen molar-refractivity contribution < 1.29 is 18.3 Å². The molecule has 0 aliphatic rings. The van der Waals surface area contributed by atoms with Crippen LogP contribution in [0.4, 0.5) is 11.4 Å². The molecule has 4 N–H and O–H groups in total. The SMILES string of the molecule is COCC(CCO)Nc1cccc(S(C)(=O)=O)c1N. The minimum atomic E-state index is -3.36. The summed E-state index contributed by atoms with van der Waals surface area (Å²) in [6, 6.07) is 4.65. The predicted octanol–water partition coefficient (Wildman–Crippen LogP) is 0.482. The number of methoxy groups -OCH3 is 1. The lowest BCUT2D eigenvalue weighted by Crippen LogP contribution is -2.26. The summed E-state index contributed by atoms with van der Waals surface area (Å²) in [7, 11) is -1.80. The van der Waals surface area contributed by atoms with Crippen LogP contribution in [0.3, 0.4) is 0 Å². The summed E-state index contributed by atoms with van der Waals surface area (Å²) in [6.45, 7) is 0.399. The molecule has 1 rings (SSSR count). The highest BCUT2D eigenvalue weighted by Gasteiger charge is 2.16. The maximum Gasteiger partial charge on any atom is 0.177 e. The lowest BCUT2D eigenvalue weighted by molar-refractivity contribution is 0.170. The van der Waals surface area contributed by atoms with Gasteiger partial charge in [-0.15, -0.1) is 0 Å². The molecule has 0 aromatic heterocycles. The molecule has 0 heterocycles. The Balaban J connectivity index is 3.01. The van der Waals surface area contributed by atoms with Crippen molar-refractivity contribution in [2.75, 3.05) is 37.6 Å². The highest BCUT2D eigenvalue weighted by atomic mass is 32.2. The number of aliphatic hydroxyl groups excluding tert-OH is 1. The van der Waals surface area contributed by atoms with E-state index in [1.807, 2.05) is 0 Å². The van der Waals surface area contributed by atoms with Crippen molar-refractivity contribution in [3.05, 3.63) is 18.2 Å². The Morgan fingerprint density at radius 2 is 2.16 bits per heavy atom. The second-order valence-electron chi connectivity index (χ2n) is 4.30. The predicted molar refractivity (Wildman–Crippen MR) is 75.0 cm³/mol. The fourth-order valence-corrected chi connectivity index (χ4v) is 2.60. The molecule has 0 amide bonds. The molecular weight excluding hydrogens is 268 g/mol. The van der Waals surface area contributed by atoms with E-state index in [-0.39, 0.29) is 23.2 Å². The number of anilines is 2. The third-order valence-corrected chi connectivity index (χ3v) is 3.83. The number of ether oxygens (including phenoxy) is 1. The van der Waals surface area contributed by atoms with E-state index >= 15 is 0 Å². The highest BCUT2D eigenvalue weighted by molar-refractivity contribution is 7.90. The summed E-state index contributed by atoms with van der Waals surface area (Å²) in [6.07, 6.45) is 1.60. The van der Waals surface area contributed by atoms with Crippen molar-refractivity contribution in [1.29, 1.82) is 0 Å². The fourth-order valence-electron chi connectivity index (χ4n) is 1.77. The van der Waals surface area contributed by atoms with Crippen molar-refractivity contribution >= 4 is 21.2 Å². The number of para-hydroxylation sites is 1. The lowest BCUT2D eigenvalue weighted by atomic mass is 10.2. The second kappa shape index (κ2) is 6.74. The van der Waals surface area contributed by atoms with Gasteiger partial charge in [0.15, 0.2) is 9.84 Å². The third-order valence-electron chi connectivity index (χ3n) is 2.67. The average molecular weight is 288 g/mol. The first kappa shape index (κ1) is 15.7. The first-order valence-electron chi connectivity index (χ1n) is 5.85. The summed E-state index contributed by atoms with van der Waals surface area (Å²) >= 11 is 0. The van der Waals surface area contributed by atoms with E-state index in [1.165, 1.54) is 6.07 Å². The molecule has 1 aromatic carbocycles.